The first-order chi connectivity index (χ1) is 17.5. The molecular weight excluding hydrogens is 460 g/mol. The number of methoxy groups -OCH3 is 1. The fourth-order valence-electron chi connectivity index (χ4n) is 5.65. The molecule has 3 aliphatic heterocycles. The minimum Gasteiger partial charge on any atom is -0.454 e. The number of pyridine rings is 1. The zero-order valence-corrected chi connectivity index (χ0v) is 21.0. The summed E-state index contributed by atoms with van der Waals surface area (Å²) in [4.78, 5) is 36.8. The third-order valence-electron chi connectivity index (χ3n) is 7.48. The fourth-order valence-corrected chi connectivity index (χ4v) is 5.65. The van der Waals surface area contributed by atoms with E-state index in [4.69, 9.17) is 14.2 Å². The minimum absolute atomic E-state index is 0.0967. The minimum atomic E-state index is -0.797. The number of carbonyl (C=O) groups excluding carboxylic acids is 2. The summed E-state index contributed by atoms with van der Waals surface area (Å²) in [6, 6.07) is 9.62. The Bertz CT molecular complexity index is 1090. The normalized spacial score (nSPS) is 19.9. The fraction of sp³-hybridized carbons (Fsp3) is 0.519. The third kappa shape index (κ3) is 4.77. The lowest BCUT2D eigenvalue weighted by molar-refractivity contribution is -0.136. The van der Waals surface area contributed by atoms with Gasteiger partial charge in [-0.05, 0) is 54.5 Å². The summed E-state index contributed by atoms with van der Waals surface area (Å²) in [6.45, 7) is 6.06. The highest BCUT2D eigenvalue weighted by Gasteiger charge is 2.57. The molecule has 2 aromatic rings. The quantitative estimate of drug-likeness (QED) is 0.496. The number of imide groups is 1. The molecule has 0 saturated carbocycles. The summed E-state index contributed by atoms with van der Waals surface area (Å²) in [5.41, 5.74) is 1.28. The smallest absolute Gasteiger partial charge is 0.328 e. The van der Waals surface area contributed by atoms with Crippen molar-refractivity contribution in [2.75, 3.05) is 46.7 Å². The SMILES string of the molecule is COCCN1C(=O)N(Cc2cccnc2)C(=O)C12CCN(CC(C)Cc1ccc3c(c1)OCO3)CC2. The summed E-state index contributed by atoms with van der Waals surface area (Å²) < 4.78 is 16.2. The van der Waals surface area contributed by atoms with Crippen LogP contribution in [-0.2, 0) is 22.5 Å². The number of piperidine rings is 1. The Morgan fingerprint density at radius 3 is 2.67 bits per heavy atom. The lowest BCUT2D eigenvalue weighted by Crippen LogP contribution is -2.57. The first kappa shape index (κ1) is 24.5. The number of aromatic nitrogens is 1. The van der Waals surface area contributed by atoms with E-state index in [1.54, 1.807) is 24.4 Å². The van der Waals surface area contributed by atoms with Gasteiger partial charge >= 0.3 is 6.03 Å². The van der Waals surface area contributed by atoms with Gasteiger partial charge in [0.25, 0.3) is 5.91 Å². The molecule has 5 rings (SSSR count). The number of nitrogens with zero attached hydrogens (tertiary/aromatic N) is 4. The Morgan fingerprint density at radius 1 is 1.11 bits per heavy atom. The molecule has 2 saturated heterocycles. The van der Waals surface area contributed by atoms with Crippen LogP contribution in [-0.4, -0.2) is 83.8 Å². The molecule has 0 aliphatic carbocycles. The molecule has 0 radical (unpaired) electrons. The highest BCUT2D eigenvalue weighted by atomic mass is 16.7. The first-order valence-electron chi connectivity index (χ1n) is 12.6. The maximum absolute atomic E-state index is 13.7. The van der Waals surface area contributed by atoms with Gasteiger partial charge in [-0.15, -0.1) is 0 Å². The van der Waals surface area contributed by atoms with Crippen LogP contribution in [0.2, 0.25) is 0 Å². The van der Waals surface area contributed by atoms with Gasteiger partial charge in [0.2, 0.25) is 6.79 Å². The average molecular weight is 495 g/mol. The zero-order valence-electron chi connectivity index (χ0n) is 21.0. The first-order valence-corrected chi connectivity index (χ1v) is 12.6. The Balaban J connectivity index is 1.23. The van der Waals surface area contributed by atoms with Crippen LogP contribution in [0.15, 0.2) is 42.7 Å². The van der Waals surface area contributed by atoms with Crippen LogP contribution in [0.3, 0.4) is 0 Å². The van der Waals surface area contributed by atoms with Crippen molar-refractivity contribution in [2.45, 2.75) is 38.3 Å². The molecule has 1 aromatic heterocycles. The van der Waals surface area contributed by atoms with Crippen molar-refractivity contribution >= 4 is 11.9 Å². The van der Waals surface area contributed by atoms with Crippen molar-refractivity contribution in [1.82, 2.24) is 19.7 Å². The highest BCUT2D eigenvalue weighted by molar-refractivity contribution is 6.07. The molecule has 4 heterocycles. The summed E-state index contributed by atoms with van der Waals surface area (Å²) in [6.07, 6.45) is 5.58. The third-order valence-corrected chi connectivity index (χ3v) is 7.48. The molecule has 192 valence electrons. The van der Waals surface area contributed by atoms with E-state index in [2.05, 4.69) is 28.9 Å². The molecule has 9 nitrogen and oxygen atoms in total. The van der Waals surface area contributed by atoms with Crippen molar-refractivity contribution in [3.8, 4) is 11.5 Å². The molecule has 1 atom stereocenters. The number of benzene rings is 1. The second kappa shape index (κ2) is 10.4. The molecule has 36 heavy (non-hydrogen) atoms. The average Bonchev–Trinajstić information content (AvgIpc) is 3.42. The predicted octanol–water partition coefficient (Wildman–Crippen LogP) is 2.93. The standard InChI is InChI=1S/C27H34N4O5/c1-20(14-21-5-6-23-24(15-21)36-19-35-23)17-29-10-7-27(8-11-29)25(32)30(18-22-4-3-9-28-16-22)26(33)31(27)12-13-34-2/h3-6,9,15-16,20H,7-8,10-14,17-19H2,1-2H3. The van der Waals surface area contributed by atoms with Gasteiger partial charge in [0, 0.05) is 45.7 Å². The predicted molar refractivity (Wildman–Crippen MR) is 133 cm³/mol. The Labute approximate surface area is 211 Å². The maximum Gasteiger partial charge on any atom is 0.328 e. The Hall–Kier alpha value is -3.17. The molecule has 0 bridgehead atoms. The number of hydrogen-bond acceptors (Lipinski definition) is 7. The molecule has 3 aliphatic rings. The van der Waals surface area contributed by atoms with E-state index in [0.717, 1.165) is 43.1 Å². The molecule has 1 unspecified atom stereocenters. The van der Waals surface area contributed by atoms with Gasteiger partial charge in [0.05, 0.1) is 13.2 Å². The van der Waals surface area contributed by atoms with E-state index in [1.165, 1.54) is 10.5 Å². The number of urea groups is 1. The number of amides is 3. The lowest BCUT2D eigenvalue weighted by atomic mass is 9.85. The molecule has 1 aromatic carbocycles. The van der Waals surface area contributed by atoms with Crippen molar-refractivity contribution in [1.29, 1.82) is 0 Å². The second-order valence-corrected chi connectivity index (χ2v) is 10.0. The van der Waals surface area contributed by atoms with Crippen LogP contribution in [0.4, 0.5) is 4.79 Å². The molecule has 2 fully saturated rings. The largest absolute Gasteiger partial charge is 0.454 e. The number of hydrogen-bond donors (Lipinski definition) is 0. The second-order valence-electron chi connectivity index (χ2n) is 10.0. The topological polar surface area (TPSA) is 84.4 Å². The number of rotatable bonds is 9. The summed E-state index contributed by atoms with van der Waals surface area (Å²) in [5, 5.41) is 0. The van der Waals surface area contributed by atoms with E-state index in [0.29, 0.717) is 31.9 Å². The Morgan fingerprint density at radius 2 is 1.92 bits per heavy atom. The van der Waals surface area contributed by atoms with E-state index < -0.39 is 5.54 Å². The number of likely N-dealkylation sites (tertiary alicyclic amines) is 1. The molecule has 0 N–H and O–H groups in total. The van der Waals surface area contributed by atoms with Crippen molar-refractivity contribution in [2.24, 2.45) is 5.92 Å². The number of fused-ring (bicyclic) bond motifs is 1. The van der Waals surface area contributed by atoms with Gasteiger partial charge in [-0.2, -0.15) is 0 Å². The van der Waals surface area contributed by atoms with Gasteiger partial charge in [-0.1, -0.05) is 19.1 Å². The maximum atomic E-state index is 13.7. The Kier molecular flexibility index (Phi) is 7.11. The van der Waals surface area contributed by atoms with Crippen molar-refractivity contribution < 1.29 is 23.8 Å². The number of ether oxygens (including phenoxy) is 3. The van der Waals surface area contributed by atoms with Crippen LogP contribution < -0.4 is 9.47 Å². The van der Waals surface area contributed by atoms with E-state index >= 15 is 0 Å². The van der Waals surface area contributed by atoms with Gasteiger partial charge in [0.1, 0.15) is 5.54 Å². The summed E-state index contributed by atoms with van der Waals surface area (Å²) in [7, 11) is 1.62. The summed E-state index contributed by atoms with van der Waals surface area (Å²) >= 11 is 0. The molecular formula is C27H34N4O5. The van der Waals surface area contributed by atoms with Gasteiger partial charge in [0.15, 0.2) is 11.5 Å². The van der Waals surface area contributed by atoms with Crippen molar-refractivity contribution in [3.05, 3.63) is 53.9 Å². The van der Waals surface area contributed by atoms with Gasteiger partial charge in [-0.3, -0.25) is 14.7 Å². The lowest BCUT2D eigenvalue weighted by Gasteiger charge is -2.42. The van der Waals surface area contributed by atoms with Crippen LogP contribution in [0.25, 0.3) is 0 Å². The highest BCUT2D eigenvalue weighted by Crippen LogP contribution is 2.38. The number of carbonyl (C=O) groups is 2. The summed E-state index contributed by atoms with van der Waals surface area (Å²) in [5.74, 6) is 1.96. The molecule has 9 heteroatoms. The monoisotopic (exact) mass is 494 g/mol. The van der Waals surface area contributed by atoms with Crippen LogP contribution in [0, 0.1) is 5.92 Å². The molecule has 3 amide bonds. The van der Waals surface area contributed by atoms with Crippen LogP contribution in [0.1, 0.15) is 30.9 Å². The van der Waals surface area contributed by atoms with Gasteiger partial charge < -0.3 is 24.0 Å². The van der Waals surface area contributed by atoms with E-state index in [1.807, 2.05) is 18.2 Å². The van der Waals surface area contributed by atoms with E-state index in [-0.39, 0.29) is 25.3 Å². The van der Waals surface area contributed by atoms with Crippen molar-refractivity contribution in [3.63, 3.8) is 0 Å². The van der Waals surface area contributed by atoms with Gasteiger partial charge in [-0.25, -0.2) is 4.79 Å². The molecule has 1 spiro atoms. The van der Waals surface area contributed by atoms with Crippen LogP contribution >= 0.6 is 0 Å². The van der Waals surface area contributed by atoms with Crippen LogP contribution in [0.5, 0.6) is 11.5 Å². The van der Waals surface area contributed by atoms with E-state index in [9.17, 15) is 9.59 Å². The zero-order chi connectivity index (χ0) is 25.1.